The van der Waals surface area contributed by atoms with Gasteiger partial charge in [0.1, 0.15) is 5.82 Å². The summed E-state index contributed by atoms with van der Waals surface area (Å²) >= 11 is 0. The Bertz CT molecular complexity index is 636. The molecule has 3 N–H and O–H groups in total. The van der Waals surface area contributed by atoms with Gasteiger partial charge in [0.25, 0.3) is 0 Å². The summed E-state index contributed by atoms with van der Waals surface area (Å²) in [4.78, 5) is 22.7. The monoisotopic (exact) mass is 286 g/mol. The van der Waals surface area contributed by atoms with Crippen LogP contribution in [0.5, 0.6) is 0 Å². The second kappa shape index (κ2) is 6.65. The summed E-state index contributed by atoms with van der Waals surface area (Å²) in [5.41, 5.74) is 7.02. The first-order valence-corrected chi connectivity index (χ1v) is 6.49. The topological polar surface area (TPSA) is 72.2 Å². The van der Waals surface area contributed by atoms with E-state index in [0.717, 1.165) is 5.56 Å². The molecule has 0 radical (unpaired) electrons. The van der Waals surface area contributed by atoms with Gasteiger partial charge in [0, 0.05) is 17.7 Å². The Hall–Kier alpha value is -2.69. The predicted molar refractivity (Wildman–Crippen MR) is 78.3 cm³/mol. The minimum atomic E-state index is -0.510. The van der Waals surface area contributed by atoms with Crippen LogP contribution in [0.3, 0.4) is 0 Å². The number of benzene rings is 2. The normalized spacial score (nSPS) is 10.1. The van der Waals surface area contributed by atoms with Gasteiger partial charge in [0.05, 0.1) is 0 Å². The van der Waals surface area contributed by atoms with Crippen LogP contribution < -0.4 is 11.1 Å². The molecule has 2 aromatic rings. The van der Waals surface area contributed by atoms with Crippen molar-refractivity contribution in [2.45, 2.75) is 12.8 Å². The Morgan fingerprint density at radius 1 is 1.00 bits per heavy atom. The summed E-state index contributed by atoms with van der Waals surface area (Å²) in [5.74, 6) is -0.951. The molecule has 2 rings (SSSR count). The molecule has 2 aromatic carbocycles. The van der Waals surface area contributed by atoms with E-state index >= 15 is 0 Å². The van der Waals surface area contributed by atoms with Crippen LogP contribution in [0.2, 0.25) is 0 Å². The molecule has 0 aliphatic rings. The van der Waals surface area contributed by atoms with Crippen molar-refractivity contribution in [3.63, 3.8) is 0 Å². The Kier molecular flexibility index (Phi) is 4.66. The van der Waals surface area contributed by atoms with Gasteiger partial charge in [-0.25, -0.2) is 4.39 Å². The number of primary amides is 1. The molecular weight excluding hydrogens is 271 g/mol. The van der Waals surface area contributed by atoms with Crippen LogP contribution in [-0.4, -0.2) is 11.8 Å². The fraction of sp³-hybridized carbons (Fsp3) is 0.125. The number of carbonyl (C=O) groups is 2. The Labute approximate surface area is 121 Å². The van der Waals surface area contributed by atoms with Crippen LogP contribution in [0.15, 0.2) is 48.5 Å². The lowest BCUT2D eigenvalue weighted by atomic mass is 10.1. The number of amides is 2. The van der Waals surface area contributed by atoms with Gasteiger partial charge in [-0.05, 0) is 48.4 Å². The molecule has 0 unspecified atom stereocenters. The third-order valence-corrected chi connectivity index (χ3v) is 3.01. The Balaban J connectivity index is 1.86. The minimum absolute atomic E-state index is 0.147. The van der Waals surface area contributed by atoms with E-state index in [2.05, 4.69) is 5.32 Å². The summed E-state index contributed by atoms with van der Waals surface area (Å²) in [6, 6.07) is 12.4. The molecule has 5 heteroatoms. The lowest BCUT2D eigenvalue weighted by Gasteiger charge is -2.06. The van der Waals surface area contributed by atoms with Gasteiger partial charge in [-0.1, -0.05) is 12.1 Å². The number of hydrogen-bond acceptors (Lipinski definition) is 2. The van der Waals surface area contributed by atoms with E-state index in [1.807, 2.05) is 0 Å². The summed E-state index contributed by atoms with van der Waals surface area (Å²) in [6.45, 7) is 0. The Morgan fingerprint density at radius 2 is 1.62 bits per heavy atom. The molecule has 0 aliphatic carbocycles. The average Bonchev–Trinajstić information content (AvgIpc) is 2.47. The number of hydrogen-bond donors (Lipinski definition) is 2. The zero-order valence-electron chi connectivity index (χ0n) is 11.3. The molecule has 21 heavy (non-hydrogen) atoms. The minimum Gasteiger partial charge on any atom is -0.366 e. The molecular formula is C16H15FN2O2. The first kappa shape index (κ1) is 14.7. The second-order valence-electron chi connectivity index (χ2n) is 4.62. The molecule has 0 aliphatic heterocycles. The van der Waals surface area contributed by atoms with E-state index in [9.17, 15) is 14.0 Å². The highest BCUT2D eigenvalue weighted by atomic mass is 19.1. The van der Waals surface area contributed by atoms with E-state index < -0.39 is 5.91 Å². The van der Waals surface area contributed by atoms with Gasteiger partial charge in [-0.2, -0.15) is 0 Å². The van der Waals surface area contributed by atoms with Crippen molar-refractivity contribution in [1.82, 2.24) is 0 Å². The predicted octanol–water partition coefficient (Wildman–Crippen LogP) is 2.50. The maximum absolute atomic E-state index is 12.8. The zero-order valence-corrected chi connectivity index (χ0v) is 11.3. The van der Waals surface area contributed by atoms with Crippen LogP contribution >= 0.6 is 0 Å². The molecule has 0 saturated carbocycles. The second-order valence-corrected chi connectivity index (χ2v) is 4.62. The van der Waals surface area contributed by atoms with E-state index in [4.69, 9.17) is 5.73 Å². The van der Waals surface area contributed by atoms with Gasteiger partial charge in [0.15, 0.2) is 0 Å². The van der Waals surface area contributed by atoms with Gasteiger partial charge >= 0.3 is 0 Å². The smallest absolute Gasteiger partial charge is 0.248 e. The average molecular weight is 286 g/mol. The molecule has 0 fully saturated rings. The fourth-order valence-corrected chi connectivity index (χ4v) is 1.85. The largest absolute Gasteiger partial charge is 0.366 e. The molecule has 0 aromatic heterocycles. The first-order chi connectivity index (χ1) is 10.0. The van der Waals surface area contributed by atoms with E-state index in [1.54, 1.807) is 36.4 Å². The highest BCUT2D eigenvalue weighted by Crippen LogP contribution is 2.11. The quantitative estimate of drug-likeness (QED) is 0.886. The lowest BCUT2D eigenvalue weighted by molar-refractivity contribution is -0.116. The van der Waals surface area contributed by atoms with Gasteiger partial charge in [0.2, 0.25) is 11.8 Å². The van der Waals surface area contributed by atoms with Crippen molar-refractivity contribution in [3.8, 4) is 0 Å². The fourth-order valence-electron chi connectivity index (χ4n) is 1.85. The van der Waals surface area contributed by atoms with E-state index in [-0.39, 0.29) is 11.7 Å². The lowest BCUT2D eigenvalue weighted by Crippen LogP contribution is -2.13. The molecule has 2 amide bonds. The summed E-state index contributed by atoms with van der Waals surface area (Å²) < 4.78 is 12.8. The maximum atomic E-state index is 12.8. The number of nitrogens with one attached hydrogen (secondary N) is 1. The van der Waals surface area contributed by atoms with Crippen molar-refractivity contribution < 1.29 is 14.0 Å². The molecule has 0 bridgehead atoms. The van der Waals surface area contributed by atoms with Crippen LogP contribution in [-0.2, 0) is 11.2 Å². The standard InChI is InChI=1S/C16H15FN2O2/c17-13-6-1-11(2-7-13)3-10-15(20)19-14-8-4-12(5-9-14)16(18)21/h1-2,4-9H,3,10H2,(H2,18,21)(H,19,20). The van der Waals surface area contributed by atoms with Crippen LogP contribution in [0.25, 0.3) is 0 Å². The molecule has 0 heterocycles. The summed E-state index contributed by atoms with van der Waals surface area (Å²) in [6.07, 6.45) is 0.828. The molecule has 0 spiro atoms. The summed E-state index contributed by atoms with van der Waals surface area (Å²) in [7, 11) is 0. The van der Waals surface area contributed by atoms with Crippen molar-refractivity contribution in [3.05, 3.63) is 65.5 Å². The summed E-state index contributed by atoms with van der Waals surface area (Å²) in [5, 5.41) is 2.72. The number of anilines is 1. The van der Waals surface area contributed by atoms with Crippen molar-refractivity contribution in [1.29, 1.82) is 0 Å². The van der Waals surface area contributed by atoms with Crippen LogP contribution in [0.1, 0.15) is 22.3 Å². The van der Waals surface area contributed by atoms with Crippen LogP contribution in [0.4, 0.5) is 10.1 Å². The third-order valence-electron chi connectivity index (χ3n) is 3.01. The van der Waals surface area contributed by atoms with Gasteiger partial charge < -0.3 is 11.1 Å². The molecule has 0 atom stereocenters. The number of carbonyl (C=O) groups excluding carboxylic acids is 2. The van der Waals surface area contributed by atoms with Crippen LogP contribution in [0, 0.1) is 5.82 Å². The molecule has 108 valence electrons. The number of halogens is 1. The van der Waals surface area contributed by atoms with Gasteiger partial charge in [-0.15, -0.1) is 0 Å². The van der Waals surface area contributed by atoms with E-state index in [1.165, 1.54) is 12.1 Å². The maximum Gasteiger partial charge on any atom is 0.248 e. The van der Waals surface area contributed by atoms with Crippen molar-refractivity contribution in [2.24, 2.45) is 5.73 Å². The van der Waals surface area contributed by atoms with E-state index in [0.29, 0.717) is 24.1 Å². The number of aryl methyl sites for hydroxylation is 1. The Morgan fingerprint density at radius 3 is 2.19 bits per heavy atom. The van der Waals surface area contributed by atoms with Crippen molar-refractivity contribution >= 4 is 17.5 Å². The molecule has 4 nitrogen and oxygen atoms in total. The third kappa shape index (κ3) is 4.42. The van der Waals surface area contributed by atoms with Gasteiger partial charge in [-0.3, -0.25) is 9.59 Å². The highest BCUT2D eigenvalue weighted by molar-refractivity contribution is 5.94. The number of nitrogens with two attached hydrogens (primary N) is 1. The number of rotatable bonds is 5. The zero-order chi connectivity index (χ0) is 15.2. The van der Waals surface area contributed by atoms with Crippen molar-refractivity contribution in [2.75, 3.05) is 5.32 Å². The SMILES string of the molecule is NC(=O)c1ccc(NC(=O)CCc2ccc(F)cc2)cc1. The molecule has 0 saturated heterocycles. The highest BCUT2D eigenvalue weighted by Gasteiger charge is 2.05. The first-order valence-electron chi connectivity index (χ1n) is 6.49.